The standard InChI is InChI=1S/C30H32N2O8/c1-3-39-29(37)25(17-19-5-13-23(33)14-6-19)31-27(35)21-9-11-22(12-10-21)28(36)32-26(30(38)40-4-2)18-20-7-15-24(34)16-8-20/h5-16,25-26,33-34H,3-4,17-18H2,1-2H3,(H,31,35)(H,32,36). The van der Waals surface area contributed by atoms with Crippen LogP contribution in [-0.2, 0) is 31.9 Å². The van der Waals surface area contributed by atoms with Crippen LogP contribution in [0, 0.1) is 0 Å². The van der Waals surface area contributed by atoms with E-state index in [0.717, 1.165) is 0 Å². The number of ether oxygens (including phenoxy) is 2. The van der Waals surface area contributed by atoms with Crippen molar-refractivity contribution in [3.63, 3.8) is 0 Å². The van der Waals surface area contributed by atoms with E-state index >= 15 is 0 Å². The summed E-state index contributed by atoms with van der Waals surface area (Å²) in [6.07, 6.45) is 0.309. The molecule has 2 unspecified atom stereocenters. The van der Waals surface area contributed by atoms with Crippen LogP contribution in [-0.4, -0.2) is 59.3 Å². The van der Waals surface area contributed by atoms with Crippen molar-refractivity contribution in [2.45, 2.75) is 38.8 Å². The molecule has 4 N–H and O–H groups in total. The topological polar surface area (TPSA) is 151 Å². The van der Waals surface area contributed by atoms with Crippen LogP contribution in [0.3, 0.4) is 0 Å². The molecular formula is C30H32N2O8. The van der Waals surface area contributed by atoms with Gasteiger partial charge in [0.25, 0.3) is 11.8 Å². The van der Waals surface area contributed by atoms with Crippen molar-refractivity contribution in [2.24, 2.45) is 0 Å². The van der Waals surface area contributed by atoms with Crippen LogP contribution in [0.5, 0.6) is 11.5 Å². The molecule has 10 nitrogen and oxygen atoms in total. The van der Waals surface area contributed by atoms with Gasteiger partial charge in [0.05, 0.1) is 13.2 Å². The molecule has 0 aromatic heterocycles. The highest BCUT2D eigenvalue weighted by atomic mass is 16.5. The second-order valence-corrected chi connectivity index (χ2v) is 8.87. The molecule has 210 valence electrons. The fourth-order valence-electron chi connectivity index (χ4n) is 3.86. The van der Waals surface area contributed by atoms with Crippen LogP contribution in [0.15, 0.2) is 72.8 Å². The van der Waals surface area contributed by atoms with Crippen LogP contribution in [0.4, 0.5) is 0 Å². The third-order valence-electron chi connectivity index (χ3n) is 5.91. The molecule has 10 heteroatoms. The van der Waals surface area contributed by atoms with E-state index in [4.69, 9.17) is 9.47 Å². The molecule has 2 atom stereocenters. The zero-order valence-electron chi connectivity index (χ0n) is 22.3. The lowest BCUT2D eigenvalue weighted by molar-refractivity contribution is -0.146. The number of carbonyl (C=O) groups excluding carboxylic acids is 4. The first kappa shape index (κ1) is 29.7. The fraction of sp³-hybridized carbons (Fsp3) is 0.267. The molecule has 0 radical (unpaired) electrons. The highest BCUT2D eigenvalue weighted by Crippen LogP contribution is 2.14. The molecule has 0 heterocycles. The predicted octanol–water partition coefficient (Wildman–Crippen LogP) is 2.91. The van der Waals surface area contributed by atoms with Gasteiger partial charge < -0.3 is 30.3 Å². The lowest BCUT2D eigenvalue weighted by atomic mass is 10.0. The molecule has 0 spiro atoms. The van der Waals surface area contributed by atoms with Crippen LogP contribution in [0.2, 0.25) is 0 Å². The smallest absolute Gasteiger partial charge is 0.328 e. The number of benzene rings is 3. The van der Waals surface area contributed by atoms with Crippen molar-refractivity contribution in [1.82, 2.24) is 10.6 Å². The number of hydrogen-bond acceptors (Lipinski definition) is 8. The number of esters is 2. The maximum absolute atomic E-state index is 12.9. The Balaban J connectivity index is 1.69. The van der Waals surface area contributed by atoms with Crippen molar-refractivity contribution in [2.75, 3.05) is 13.2 Å². The van der Waals surface area contributed by atoms with Gasteiger partial charge >= 0.3 is 11.9 Å². The minimum atomic E-state index is -0.967. The second kappa shape index (κ2) is 14.3. The highest BCUT2D eigenvalue weighted by molar-refractivity contribution is 6.00. The summed E-state index contributed by atoms with van der Waals surface area (Å²) >= 11 is 0. The Morgan fingerprint density at radius 2 is 0.925 bits per heavy atom. The molecule has 0 saturated heterocycles. The van der Waals surface area contributed by atoms with Crippen LogP contribution < -0.4 is 10.6 Å². The van der Waals surface area contributed by atoms with Gasteiger partial charge in [-0.25, -0.2) is 9.59 Å². The van der Waals surface area contributed by atoms with Crippen molar-refractivity contribution in [3.05, 3.63) is 95.1 Å². The van der Waals surface area contributed by atoms with Gasteiger partial charge in [-0.3, -0.25) is 9.59 Å². The van der Waals surface area contributed by atoms with Gasteiger partial charge in [-0.2, -0.15) is 0 Å². The maximum Gasteiger partial charge on any atom is 0.328 e. The Bertz CT molecular complexity index is 1200. The summed E-state index contributed by atoms with van der Waals surface area (Å²) in [6, 6.07) is 16.3. The number of amides is 2. The minimum absolute atomic E-state index is 0.0820. The highest BCUT2D eigenvalue weighted by Gasteiger charge is 2.25. The molecule has 0 aliphatic carbocycles. The monoisotopic (exact) mass is 548 g/mol. The van der Waals surface area contributed by atoms with E-state index in [2.05, 4.69) is 10.6 Å². The average Bonchev–Trinajstić information content (AvgIpc) is 2.94. The van der Waals surface area contributed by atoms with Gasteiger partial charge in [-0.15, -0.1) is 0 Å². The number of hydrogen-bond donors (Lipinski definition) is 4. The number of aromatic hydroxyl groups is 2. The Morgan fingerprint density at radius 3 is 1.23 bits per heavy atom. The van der Waals surface area contributed by atoms with Crippen molar-refractivity contribution >= 4 is 23.8 Å². The number of rotatable bonds is 12. The normalized spacial score (nSPS) is 12.1. The summed E-state index contributed by atoms with van der Waals surface area (Å²) in [6.45, 7) is 3.62. The van der Waals surface area contributed by atoms with Crippen molar-refractivity contribution < 1.29 is 38.9 Å². The molecule has 0 aliphatic heterocycles. The number of phenols is 2. The van der Waals surface area contributed by atoms with Crippen LogP contribution in [0.25, 0.3) is 0 Å². The Hall–Kier alpha value is -4.86. The fourth-order valence-corrected chi connectivity index (χ4v) is 3.86. The second-order valence-electron chi connectivity index (χ2n) is 8.87. The molecule has 3 rings (SSSR count). The molecule has 0 saturated carbocycles. The predicted molar refractivity (Wildman–Crippen MR) is 146 cm³/mol. The lowest BCUT2D eigenvalue weighted by Gasteiger charge is -2.18. The molecule has 3 aromatic rings. The summed E-state index contributed by atoms with van der Waals surface area (Å²) in [5.41, 5.74) is 1.85. The summed E-state index contributed by atoms with van der Waals surface area (Å²) < 4.78 is 10.2. The van der Waals surface area contributed by atoms with Gasteiger partial charge in [0.2, 0.25) is 0 Å². The minimum Gasteiger partial charge on any atom is -0.508 e. The quantitative estimate of drug-likeness (QED) is 0.252. The van der Waals surface area contributed by atoms with Gasteiger partial charge in [0.1, 0.15) is 23.6 Å². The van der Waals surface area contributed by atoms with Gasteiger partial charge in [0, 0.05) is 24.0 Å². The SMILES string of the molecule is CCOC(=O)C(Cc1ccc(O)cc1)NC(=O)c1ccc(C(=O)NC(Cc2ccc(O)cc2)C(=O)OCC)cc1. The summed E-state index contributed by atoms with van der Waals surface area (Å²) in [5.74, 6) is -2.12. The number of carbonyl (C=O) groups is 4. The lowest BCUT2D eigenvalue weighted by Crippen LogP contribution is -2.44. The number of nitrogens with one attached hydrogen (secondary N) is 2. The molecule has 2 amide bonds. The van der Waals surface area contributed by atoms with Crippen molar-refractivity contribution in [1.29, 1.82) is 0 Å². The van der Waals surface area contributed by atoms with E-state index in [1.807, 2.05) is 0 Å². The molecule has 3 aromatic carbocycles. The molecule has 0 aliphatic rings. The van der Waals surface area contributed by atoms with Crippen molar-refractivity contribution in [3.8, 4) is 11.5 Å². The zero-order valence-corrected chi connectivity index (χ0v) is 22.3. The first-order valence-corrected chi connectivity index (χ1v) is 12.8. The Kier molecular flexibility index (Phi) is 10.6. The largest absolute Gasteiger partial charge is 0.508 e. The van der Waals surface area contributed by atoms with E-state index < -0.39 is 35.8 Å². The maximum atomic E-state index is 12.9. The Morgan fingerprint density at radius 1 is 0.600 bits per heavy atom. The first-order chi connectivity index (χ1) is 19.2. The van der Waals surface area contributed by atoms with Crippen LogP contribution >= 0.6 is 0 Å². The van der Waals surface area contributed by atoms with E-state index in [0.29, 0.717) is 11.1 Å². The van der Waals surface area contributed by atoms with Crippen LogP contribution in [0.1, 0.15) is 45.7 Å². The molecule has 40 heavy (non-hydrogen) atoms. The van der Waals surface area contributed by atoms with Gasteiger partial charge in [0.15, 0.2) is 0 Å². The Labute approximate surface area is 231 Å². The van der Waals surface area contributed by atoms with Gasteiger partial charge in [-0.05, 0) is 73.5 Å². The third-order valence-corrected chi connectivity index (χ3v) is 5.91. The van der Waals surface area contributed by atoms with E-state index in [1.165, 1.54) is 48.5 Å². The summed E-state index contributed by atoms with van der Waals surface area (Å²) in [4.78, 5) is 50.8. The molecular weight excluding hydrogens is 516 g/mol. The van der Waals surface area contributed by atoms with E-state index in [-0.39, 0.29) is 48.7 Å². The summed E-state index contributed by atoms with van der Waals surface area (Å²) in [7, 11) is 0. The zero-order chi connectivity index (χ0) is 29.1. The molecule has 0 fully saturated rings. The number of phenolic OH excluding ortho intramolecular Hbond substituents is 2. The van der Waals surface area contributed by atoms with Gasteiger partial charge in [-0.1, -0.05) is 24.3 Å². The summed E-state index contributed by atoms with van der Waals surface area (Å²) in [5, 5.41) is 24.3. The first-order valence-electron chi connectivity index (χ1n) is 12.8. The molecule has 0 bridgehead atoms. The third kappa shape index (κ3) is 8.59. The van der Waals surface area contributed by atoms with E-state index in [1.54, 1.807) is 38.1 Å². The van der Waals surface area contributed by atoms with E-state index in [9.17, 15) is 29.4 Å². The average molecular weight is 549 g/mol.